The van der Waals surface area contributed by atoms with E-state index in [0.717, 1.165) is 24.9 Å². The minimum Gasteiger partial charge on any atom is -0.481 e. The van der Waals surface area contributed by atoms with Gasteiger partial charge in [0, 0.05) is 6.04 Å². The second-order valence-electron chi connectivity index (χ2n) is 4.92. The first-order valence-electron chi connectivity index (χ1n) is 6.09. The number of aryl methyl sites for hydroxylation is 1. The maximum Gasteiger partial charge on any atom is 0.308 e. The number of piperidine rings is 1. The third-order valence-corrected chi connectivity index (χ3v) is 3.62. The SMILES string of the molecule is Cc1ccc(C2C(C(=O)O)CCCN2C)cc1. The molecule has 0 bridgehead atoms. The molecule has 0 radical (unpaired) electrons. The topological polar surface area (TPSA) is 40.5 Å². The molecule has 0 spiro atoms. The van der Waals surface area contributed by atoms with Crippen molar-refractivity contribution < 1.29 is 9.90 Å². The number of carboxylic acid groups (broad SMARTS) is 1. The number of carbonyl (C=O) groups is 1. The molecule has 3 nitrogen and oxygen atoms in total. The monoisotopic (exact) mass is 233 g/mol. The number of likely N-dealkylation sites (tertiary alicyclic amines) is 1. The van der Waals surface area contributed by atoms with Crippen molar-refractivity contribution in [1.29, 1.82) is 0 Å². The van der Waals surface area contributed by atoms with Crippen LogP contribution in [0.25, 0.3) is 0 Å². The van der Waals surface area contributed by atoms with Crippen molar-refractivity contribution in [2.75, 3.05) is 13.6 Å². The molecule has 92 valence electrons. The van der Waals surface area contributed by atoms with E-state index in [4.69, 9.17) is 0 Å². The first-order valence-corrected chi connectivity index (χ1v) is 6.09. The van der Waals surface area contributed by atoms with Crippen molar-refractivity contribution in [1.82, 2.24) is 4.90 Å². The van der Waals surface area contributed by atoms with Gasteiger partial charge in [0.25, 0.3) is 0 Å². The Morgan fingerprint density at radius 3 is 2.59 bits per heavy atom. The van der Waals surface area contributed by atoms with Gasteiger partial charge in [-0.25, -0.2) is 0 Å². The Bertz CT molecular complexity index is 399. The van der Waals surface area contributed by atoms with Crippen LogP contribution in [0.5, 0.6) is 0 Å². The minimum absolute atomic E-state index is 0.0156. The lowest BCUT2D eigenvalue weighted by atomic mass is 9.85. The molecule has 2 unspecified atom stereocenters. The van der Waals surface area contributed by atoms with Crippen molar-refractivity contribution in [2.24, 2.45) is 5.92 Å². The molecule has 0 aromatic heterocycles. The normalized spacial score (nSPS) is 25.8. The summed E-state index contributed by atoms with van der Waals surface area (Å²) >= 11 is 0. The van der Waals surface area contributed by atoms with E-state index in [-0.39, 0.29) is 12.0 Å². The lowest BCUT2D eigenvalue weighted by Crippen LogP contribution is -2.39. The number of rotatable bonds is 2. The molecule has 0 aliphatic carbocycles. The molecule has 1 saturated heterocycles. The fourth-order valence-electron chi connectivity index (χ4n) is 2.67. The Morgan fingerprint density at radius 1 is 1.35 bits per heavy atom. The molecule has 0 saturated carbocycles. The van der Waals surface area contributed by atoms with Crippen LogP contribution in [0.3, 0.4) is 0 Å². The van der Waals surface area contributed by atoms with Gasteiger partial charge < -0.3 is 5.11 Å². The summed E-state index contributed by atoms with van der Waals surface area (Å²) in [4.78, 5) is 13.5. The number of benzene rings is 1. The van der Waals surface area contributed by atoms with Crippen molar-refractivity contribution in [3.05, 3.63) is 35.4 Å². The summed E-state index contributed by atoms with van der Waals surface area (Å²) in [6.07, 6.45) is 1.74. The average Bonchev–Trinajstić information content (AvgIpc) is 2.30. The molecule has 1 aromatic rings. The molecular formula is C14H19NO2. The van der Waals surface area contributed by atoms with Crippen molar-refractivity contribution in [3.8, 4) is 0 Å². The van der Waals surface area contributed by atoms with Gasteiger partial charge in [-0.1, -0.05) is 29.8 Å². The summed E-state index contributed by atoms with van der Waals surface area (Å²) in [5, 5.41) is 9.32. The Hall–Kier alpha value is -1.35. The number of hydrogen-bond acceptors (Lipinski definition) is 2. The summed E-state index contributed by atoms with van der Waals surface area (Å²) in [6, 6.07) is 8.23. The quantitative estimate of drug-likeness (QED) is 0.853. The summed E-state index contributed by atoms with van der Waals surface area (Å²) in [5.74, 6) is -0.960. The molecular weight excluding hydrogens is 214 g/mol. The first kappa shape index (κ1) is 12.1. The Labute approximate surface area is 102 Å². The summed E-state index contributed by atoms with van der Waals surface area (Å²) < 4.78 is 0. The zero-order valence-corrected chi connectivity index (χ0v) is 10.4. The van der Waals surface area contributed by atoms with Gasteiger partial charge in [-0.3, -0.25) is 9.69 Å². The number of aliphatic carboxylic acids is 1. The van der Waals surface area contributed by atoms with E-state index in [1.165, 1.54) is 5.56 Å². The molecule has 0 amide bonds. The van der Waals surface area contributed by atoms with E-state index in [9.17, 15) is 9.90 Å². The summed E-state index contributed by atoms with van der Waals surface area (Å²) in [5.41, 5.74) is 2.32. The molecule has 17 heavy (non-hydrogen) atoms. The molecule has 1 heterocycles. The van der Waals surface area contributed by atoms with Gasteiger partial charge in [0.15, 0.2) is 0 Å². The third kappa shape index (κ3) is 2.50. The first-order chi connectivity index (χ1) is 8.09. The van der Waals surface area contributed by atoms with Crippen LogP contribution in [0.1, 0.15) is 30.0 Å². The maximum atomic E-state index is 11.3. The van der Waals surface area contributed by atoms with Crippen LogP contribution in [0.15, 0.2) is 24.3 Å². The van der Waals surface area contributed by atoms with Crippen molar-refractivity contribution >= 4 is 5.97 Å². The molecule has 1 N–H and O–H groups in total. The van der Waals surface area contributed by atoms with E-state index in [2.05, 4.69) is 29.2 Å². The van der Waals surface area contributed by atoms with Crippen molar-refractivity contribution in [2.45, 2.75) is 25.8 Å². The predicted octanol–water partition coefficient (Wildman–Crippen LogP) is 2.46. The highest BCUT2D eigenvalue weighted by molar-refractivity contribution is 5.71. The molecule has 1 aromatic carbocycles. The predicted molar refractivity (Wildman–Crippen MR) is 66.9 cm³/mol. The molecule has 1 aliphatic heterocycles. The smallest absolute Gasteiger partial charge is 0.308 e. The molecule has 3 heteroatoms. The van der Waals surface area contributed by atoms with E-state index in [1.807, 2.05) is 14.0 Å². The lowest BCUT2D eigenvalue weighted by Gasteiger charge is -2.37. The second-order valence-corrected chi connectivity index (χ2v) is 4.92. The standard InChI is InChI=1S/C14H19NO2/c1-10-5-7-11(8-6-10)13-12(14(16)17)4-3-9-15(13)2/h5-8,12-13H,3-4,9H2,1-2H3,(H,16,17). The molecule has 2 atom stereocenters. The Balaban J connectivity index is 2.31. The van der Waals surface area contributed by atoms with Crippen LogP contribution in [-0.4, -0.2) is 29.6 Å². The van der Waals surface area contributed by atoms with Gasteiger partial charge in [0.1, 0.15) is 0 Å². The maximum absolute atomic E-state index is 11.3. The van der Waals surface area contributed by atoms with E-state index in [0.29, 0.717) is 0 Å². The van der Waals surface area contributed by atoms with E-state index < -0.39 is 5.97 Å². The summed E-state index contributed by atoms with van der Waals surface area (Å²) in [6.45, 7) is 3.02. The molecule has 1 aliphatic rings. The zero-order valence-electron chi connectivity index (χ0n) is 10.4. The Kier molecular flexibility index (Phi) is 3.48. The fourth-order valence-corrected chi connectivity index (χ4v) is 2.67. The van der Waals surface area contributed by atoms with Crippen LogP contribution in [-0.2, 0) is 4.79 Å². The molecule has 2 rings (SSSR count). The molecule has 1 fully saturated rings. The fraction of sp³-hybridized carbons (Fsp3) is 0.500. The van der Waals surface area contributed by atoms with Crippen LogP contribution in [0.2, 0.25) is 0 Å². The van der Waals surface area contributed by atoms with Crippen molar-refractivity contribution in [3.63, 3.8) is 0 Å². The van der Waals surface area contributed by atoms with Crippen LogP contribution in [0.4, 0.5) is 0 Å². The van der Waals surface area contributed by atoms with Crippen LogP contribution >= 0.6 is 0 Å². The highest BCUT2D eigenvalue weighted by atomic mass is 16.4. The van der Waals surface area contributed by atoms with Crippen LogP contribution < -0.4 is 0 Å². The Morgan fingerprint density at radius 2 is 2.00 bits per heavy atom. The highest BCUT2D eigenvalue weighted by Gasteiger charge is 2.35. The van der Waals surface area contributed by atoms with Gasteiger partial charge >= 0.3 is 5.97 Å². The van der Waals surface area contributed by atoms with Gasteiger partial charge in [0.2, 0.25) is 0 Å². The largest absolute Gasteiger partial charge is 0.481 e. The second kappa shape index (κ2) is 4.88. The third-order valence-electron chi connectivity index (χ3n) is 3.62. The van der Waals surface area contributed by atoms with Gasteiger partial charge in [-0.15, -0.1) is 0 Å². The number of nitrogens with zero attached hydrogens (tertiary/aromatic N) is 1. The minimum atomic E-state index is -0.679. The summed E-state index contributed by atoms with van der Waals surface area (Å²) in [7, 11) is 2.01. The number of hydrogen-bond donors (Lipinski definition) is 1. The lowest BCUT2D eigenvalue weighted by molar-refractivity contribution is -0.145. The van der Waals surface area contributed by atoms with E-state index in [1.54, 1.807) is 0 Å². The van der Waals surface area contributed by atoms with Gasteiger partial charge in [0.05, 0.1) is 5.92 Å². The van der Waals surface area contributed by atoms with E-state index >= 15 is 0 Å². The van der Waals surface area contributed by atoms with Gasteiger partial charge in [-0.2, -0.15) is 0 Å². The van der Waals surface area contributed by atoms with Crippen LogP contribution in [0, 0.1) is 12.8 Å². The van der Waals surface area contributed by atoms with Gasteiger partial charge in [-0.05, 0) is 38.9 Å². The zero-order chi connectivity index (χ0) is 12.4. The number of carboxylic acids is 1. The highest BCUT2D eigenvalue weighted by Crippen LogP contribution is 2.35. The average molecular weight is 233 g/mol.